The molecule has 6 heteroatoms. The van der Waals surface area contributed by atoms with Gasteiger partial charge in [0.2, 0.25) is 0 Å². The molecule has 2 heterocycles. The van der Waals surface area contributed by atoms with Crippen LogP contribution in [0.3, 0.4) is 0 Å². The van der Waals surface area contributed by atoms with Gasteiger partial charge < -0.3 is 9.64 Å². The van der Waals surface area contributed by atoms with E-state index in [0.29, 0.717) is 6.61 Å². The van der Waals surface area contributed by atoms with Gasteiger partial charge in [0.25, 0.3) is 0 Å². The van der Waals surface area contributed by atoms with Crippen LogP contribution in [0.1, 0.15) is 73.1 Å². The maximum atomic E-state index is 6.98. The molecule has 0 aromatic heterocycles. The van der Waals surface area contributed by atoms with Crippen LogP contribution >= 0.6 is 23.2 Å². The van der Waals surface area contributed by atoms with Gasteiger partial charge in [-0.1, -0.05) is 50.6 Å². The van der Waals surface area contributed by atoms with Gasteiger partial charge in [-0.2, -0.15) is 5.06 Å². The molecule has 0 N–H and O–H groups in total. The molecule has 0 saturated carbocycles. The lowest BCUT2D eigenvalue weighted by atomic mass is 9.84. The summed E-state index contributed by atoms with van der Waals surface area (Å²) < 4.78 is 5.50. The standard InChI is InChI=1S/C21H38Cl2N2O2/c1-6-7-8-9-10-11-14-27-25-20(2,3)18(22)17(19(23)21(25,4)5)24-12-15-26-16-13-24/h18H,6-16H2,1-5H3. The number of alkyl halides is 1. The highest BCUT2D eigenvalue weighted by Crippen LogP contribution is 2.47. The Labute approximate surface area is 176 Å². The molecule has 0 bridgehead atoms. The number of unbranched alkanes of at least 4 members (excludes halogenated alkanes) is 5. The SMILES string of the molecule is CCCCCCCCON1C(C)(C)C(Cl)=C(N2CCOCC2)C(Cl)C1(C)C. The maximum Gasteiger partial charge on any atom is 0.0947 e. The van der Waals surface area contributed by atoms with Crippen molar-refractivity contribution in [2.75, 3.05) is 32.9 Å². The average molecular weight is 421 g/mol. The molecule has 158 valence electrons. The normalized spacial score (nSPS) is 25.9. The predicted molar refractivity (Wildman–Crippen MR) is 114 cm³/mol. The van der Waals surface area contributed by atoms with Crippen LogP contribution in [-0.4, -0.2) is 59.3 Å². The zero-order valence-corrected chi connectivity index (χ0v) is 19.3. The molecule has 2 aliphatic heterocycles. The number of hydrogen-bond donors (Lipinski definition) is 0. The lowest BCUT2D eigenvalue weighted by Crippen LogP contribution is -2.65. The summed E-state index contributed by atoms with van der Waals surface area (Å²) in [7, 11) is 0. The molecule has 0 radical (unpaired) electrons. The van der Waals surface area contributed by atoms with Gasteiger partial charge in [0.1, 0.15) is 0 Å². The third kappa shape index (κ3) is 5.33. The molecular formula is C21H38Cl2N2O2. The highest BCUT2D eigenvalue weighted by Gasteiger charge is 2.53. The fourth-order valence-corrected chi connectivity index (χ4v) is 4.84. The van der Waals surface area contributed by atoms with Gasteiger partial charge in [-0.25, -0.2) is 0 Å². The molecule has 27 heavy (non-hydrogen) atoms. The Morgan fingerprint density at radius 1 is 1.04 bits per heavy atom. The fourth-order valence-electron chi connectivity index (χ4n) is 4.14. The van der Waals surface area contributed by atoms with Crippen molar-refractivity contribution in [3.05, 3.63) is 10.7 Å². The first-order valence-electron chi connectivity index (χ1n) is 10.5. The van der Waals surface area contributed by atoms with Crippen LogP contribution in [0.4, 0.5) is 0 Å². The van der Waals surface area contributed by atoms with Gasteiger partial charge in [-0.3, -0.25) is 4.84 Å². The van der Waals surface area contributed by atoms with Crippen LogP contribution < -0.4 is 0 Å². The summed E-state index contributed by atoms with van der Waals surface area (Å²) in [6.45, 7) is 14.6. The Morgan fingerprint density at radius 3 is 2.26 bits per heavy atom. The highest BCUT2D eigenvalue weighted by molar-refractivity contribution is 6.33. The van der Waals surface area contributed by atoms with Crippen LogP contribution in [0.5, 0.6) is 0 Å². The minimum Gasteiger partial charge on any atom is -0.378 e. The minimum absolute atomic E-state index is 0.235. The van der Waals surface area contributed by atoms with E-state index in [1.807, 2.05) is 5.06 Å². The molecule has 0 aromatic carbocycles. The second-order valence-corrected chi connectivity index (χ2v) is 9.58. The summed E-state index contributed by atoms with van der Waals surface area (Å²) in [4.78, 5) is 8.57. The largest absolute Gasteiger partial charge is 0.378 e. The van der Waals surface area contributed by atoms with Crippen molar-refractivity contribution in [1.82, 2.24) is 9.96 Å². The van der Waals surface area contributed by atoms with E-state index in [-0.39, 0.29) is 10.9 Å². The number of ether oxygens (including phenoxy) is 1. The van der Waals surface area contributed by atoms with E-state index in [4.69, 9.17) is 32.8 Å². The van der Waals surface area contributed by atoms with Crippen molar-refractivity contribution < 1.29 is 9.57 Å². The zero-order valence-electron chi connectivity index (χ0n) is 17.8. The molecule has 1 unspecified atom stereocenters. The molecule has 1 atom stereocenters. The molecule has 2 aliphatic rings. The van der Waals surface area contributed by atoms with E-state index in [2.05, 4.69) is 39.5 Å². The topological polar surface area (TPSA) is 24.9 Å². The molecular weight excluding hydrogens is 383 g/mol. The fraction of sp³-hybridized carbons (Fsp3) is 0.905. The van der Waals surface area contributed by atoms with Crippen molar-refractivity contribution in [1.29, 1.82) is 0 Å². The van der Waals surface area contributed by atoms with E-state index in [9.17, 15) is 0 Å². The first-order chi connectivity index (χ1) is 12.7. The number of rotatable bonds is 9. The first-order valence-corrected chi connectivity index (χ1v) is 11.4. The van der Waals surface area contributed by atoms with Crippen molar-refractivity contribution in [2.45, 2.75) is 89.6 Å². The molecule has 1 fully saturated rings. The highest BCUT2D eigenvalue weighted by atomic mass is 35.5. The summed E-state index contributed by atoms with van der Waals surface area (Å²) in [6, 6.07) is 0. The van der Waals surface area contributed by atoms with Crippen LogP contribution in [-0.2, 0) is 9.57 Å². The molecule has 0 aliphatic carbocycles. The lowest BCUT2D eigenvalue weighted by Gasteiger charge is -2.55. The minimum atomic E-state index is -0.424. The Kier molecular flexibility index (Phi) is 8.76. The van der Waals surface area contributed by atoms with Gasteiger partial charge in [0.15, 0.2) is 0 Å². The second kappa shape index (κ2) is 10.2. The summed E-state index contributed by atoms with van der Waals surface area (Å²) in [6.07, 6.45) is 7.48. The van der Waals surface area contributed by atoms with Crippen molar-refractivity contribution in [2.24, 2.45) is 0 Å². The molecule has 1 saturated heterocycles. The Hall–Kier alpha value is -0.0000000000000000555. The molecule has 0 amide bonds. The first kappa shape index (κ1) is 23.3. The summed E-state index contributed by atoms with van der Waals surface area (Å²) in [5, 5.41) is 2.59. The van der Waals surface area contributed by atoms with Crippen LogP contribution in [0.15, 0.2) is 10.7 Å². The van der Waals surface area contributed by atoms with Crippen molar-refractivity contribution >= 4 is 23.2 Å². The van der Waals surface area contributed by atoms with Crippen LogP contribution in [0.2, 0.25) is 0 Å². The number of hydroxylamine groups is 2. The number of morpholine rings is 1. The van der Waals surface area contributed by atoms with E-state index in [1.165, 1.54) is 32.1 Å². The van der Waals surface area contributed by atoms with Crippen LogP contribution in [0, 0.1) is 0 Å². The molecule has 0 aromatic rings. The Balaban J connectivity index is 2.06. The number of nitrogens with zero attached hydrogens (tertiary/aromatic N) is 2. The van der Waals surface area contributed by atoms with Crippen molar-refractivity contribution in [3.63, 3.8) is 0 Å². The monoisotopic (exact) mass is 420 g/mol. The second-order valence-electron chi connectivity index (χ2n) is 8.77. The summed E-state index contributed by atoms with van der Waals surface area (Å²) >= 11 is 13.9. The Bertz CT molecular complexity index is 502. The smallest absolute Gasteiger partial charge is 0.0947 e. The summed E-state index contributed by atoms with van der Waals surface area (Å²) in [5.41, 5.74) is 0.252. The lowest BCUT2D eigenvalue weighted by molar-refractivity contribution is -0.260. The van der Waals surface area contributed by atoms with Crippen molar-refractivity contribution in [3.8, 4) is 0 Å². The quantitative estimate of drug-likeness (QED) is 0.360. The van der Waals surface area contributed by atoms with Gasteiger partial charge in [-0.15, -0.1) is 11.6 Å². The third-order valence-electron chi connectivity index (χ3n) is 5.72. The van der Waals surface area contributed by atoms with Gasteiger partial charge >= 0.3 is 0 Å². The summed E-state index contributed by atoms with van der Waals surface area (Å²) in [5.74, 6) is 0. The maximum absolute atomic E-state index is 6.98. The molecule has 0 spiro atoms. The van der Waals surface area contributed by atoms with E-state index >= 15 is 0 Å². The third-order valence-corrected chi connectivity index (χ3v) is 7.12. The Morgan fingerprint density at radius 2 is 1.63 bits per heavy atom. The average Bonchev–Trinajstić information content (AvgIpc) is 2.63. The van der Waals surface area contributed by atoms with E-state index in [1.54, 1.807) is 0 Å². The van der Waals surface area contributed by atoms with Gasteiger partial charge in [0, 0.05) is 13.1 Å². The molecule has 4 nitrogen and oxygen atoms in total. The van der Waals surface area contributed by atoms with E-state index < -0.39 is 5.54 Å². The zero-order chi connectivity index (χ0) is 20.1. The van der Waals surface area contributed by atoms with E-state index in [0.717, 1.165) is 43.5 Å². The van der Waals surface area contributed by atoms with Gasteiger partial charge in [0.05, 0.1) is 47.0 Å². The van der Waals surface area contributed by atoms with Gasteiger partial charge in [-0.05, 0) is 34.1 Å². The number of halogens is 2. The predicted octanol–water partition coefficient (Wildman–Crippen LogP) is 5.54. The molecule has 2 rings (SSSR count). The number of hydrogen-bond acceptors (Lipinski definition) is 4. The van der Waals surface area contributed by atoms with Crippen LogP contribution in [0.25, 0.3) is 0 Å².